The topological polar surface area (TPSA) is 50.7 Å². The van der Waals surface area contributed by atoms with E-state index in [1.54, 1.807) is 0 Å². The Morgan fingerprint density at radius 2 is 0.750 bits per heavy atom. The molecule has 0 aliphatic rings. The summed E-state index contributed by atoms with van der Waals surface area (Å²) in [7, 11) is 0. The van der Waals surface area contributed by atoms with E-state index in [2.05, 4.69) is 133 Å². The Morgan fingerprint density at radius 3 is 1.29 bits per heavy atom. The van der Waals surface area contributed by atoms with Gasteiger partial charge in [-0.1, -0.05) is 164 Å². The molecule has 0 aliphatic carbocycles. The molecule has 7 aromatic rings. The summed E-state index contributed by atoms with van der Waals surface area (Å²) in [5.74, 6) is 1.01. The third-order valence-corrected chi connectivity index (χ3v) is 8.37. The summed E-state index contributed by atoms with van der Waals surface area (Å²) >= 11 is 0. The summed E-state index contributed by atoms with van der Waals surface area (Å²) < 4.78 is 0. The second kappa shape index (κ2) is 14.4. The van der Waals surface area contributed by atoms with Crippen LogP contribution in [0.2, 0.25) is 0 Å². The molecule has 7 rings (SSSR count). The van der Waals surface area contributed by atoms with Crippen LogP contribution in [0.25, 0.3) is 44.5 Å². The number of rotatable bonds is 8. The van der Waals surface area contributed by atoms with E-state index in [-0.39, 0.29) is 0 Å². The summed E-state index contributed by atoms with van der Waals surface area (Å²) in [5, 5.41) is 0. The molecule has 230 valence electrons. The van der Waals surface area contributed by atoms with Crippen LogP contribution < -0.4 is 5.73 Å². The Labute approximate surface area is 282 Å². The highest BCUT2D eigenvalue weighted by Gasteiger charge is 2.10. The molecule has 0 radical (unpaired) electrons. The second-order valence-electron chi connectivity index (χ2n) is 11.7. The zero-order chi connectivity index (χ0) is 32.5. The molecule has 0 atom stereocenters. The highest BCUT2D eigenvalue weighted by atomic mass is 15.0. The van der Waals surface area contributed by atoms with Gasteiger partial charge in [0.15, 0.2) is 5.84 Å². The first-order valence-electron chi connectivity index (χ1n) is 16.1. The Balaban J connectivity index is 1.23. The number of nitrogens with zero attached hydrogens (tertiary/aromatic N) is 2. The lowest BCUT2D eigenvalue weighted by molar-refractivity contribution is 1.06. The molecule has 3 heteroatoms. The van der Waals surface area contributed by atoms with Crippen molar-refractivity contribution in [3.63, 3.8) is 0 Å². The minimum atomic E-state index is 0.422. The van der Waals surface area contributed by atoms with E-state index in [9.17, 15) is 0 Å². The molecule has 0 amide bonds. The van der Waals surface area contributed by atoms with Crippen LogP contribution in [0.5, 0.6) is 0 Å². The van der Waals surface area contributed by atoms with Gasteiger partial charge in [0.25, 0.3) is 0 Å². The van der Waals surface area contributed by atoms with Gasteiger partial charge in [-0.15, -0.1) is 0 Å². The average Bonchev–Trinajstić information content (AvgIpc) is 3.17. The fraction of sp³-hybridized carbons (Fsp3) is 0.0222. The van der Waals surface area contributed by atoms with Gasteiger partial charge < -0.3 is 5.73 Å². The number of hydrogen-bond donors (Lipinski definition) is 1. The van der Waals surface area contributed by atoms with Crippen molar-refractivity contribution in [1.82, 2.24) is 0 Å². The molecular weight excluding hydrogens is 583 g/mol. The lowest BCUT2D eigenvalue weighted by atomic mass is 9.95. The lowest BCUT2D eigenvalue weighted by Crippen LogP contribution is -2.16. The standard InChI is InChI=1S/C45H35N3/c46-44(42-26-12-21-37(30-42)35-18-8-3-9-19-35)48-45(47-32-33-14-4-1-5-15-33)43-27-13-25-41(31-43)40-24-11-23-39(29-40)38-22-10-20-36(28-38)34-16-6-2-7-17-34/h1-31H,32H2,(H2,46,47,48). The summed E-state index contributed by atoms with van der Waals surface area (Å²) in [6, 6.07) is 65.0. The van der Waals surface area contributed by atoms with Crippen LogP contribution in [0, 0.1) is 0 Å². The Hall–Kier alpha value is -6.32. The second-order valence-corrected chi connectivity index (χ2v) is 11.7. The largest absolute Gasteiger partial charge is 0.383 e. The van der Waals surface area contributed by atoms with E-state index in [1.165, 1.54) is 16.7 Å². The molecule has 2 N–H and O–H groups in total. The third-order valence-electron chi connectivity index (χ3n) is 8.37. The molecule has 0 spiro atoms. The molecule has 0 saturated carbocycles. The van der Waals surface area contributed by atoms with Gasteiger partial charge in [0.1, 0.15) is 5.84 Å². The Bertz CT molecular complexity index is 2200. The summed E-state index contributed by atoms with van der Waals surface area (Å²) in [6.07, 6.45) is 0. The molecule has 0 heterocycles. The van der Waals surface area contributed by atoms with Crippen LogP contribution in [0.15, 0.2) is 198 Å². The SMILES string of the molecule is NC(=NC(=NCc1ccccc1)c1cccc(-c2cccc(-c3cccc(-c4ccccc4)c3)c2)c1)c1cccc(-c2ccccc2)c1. The van der Waals surface area contributed by atoms with Gasteiger partial charge >= 0.3 is 0 Å². The maximum atomic E-state index is 6.71. The van der Waals surface area contributed by atoms with E-state index >= 15 is 0 Å². The van der Waals surface area contributed by atoms with Crippen molar-refractivity contribution in [3.8, 4) is 44.5 Å². The molecular formula is C45H35N3. The van der Waals surface area contributed by atoms with E-state index in [0.717, 1.165) is 44.5 Å². The van der Waals surface area contributed by atoms with Crippen LogP contribution >= 0.6 is 0 Å². The molecule has 0 aromatic heterocycles. The van der Waals surface area contributed by atoms with E-state index in [0.29, 0.717) is 18.2 Å². The molecule has 3 nitrogen and oxygen atoms in total. The van der Waals surface area contributed by atoms with Gasteiger partial charge in [-0.2, -0.15) is 0 Å². The number of benzene rings is 7. The highest BCUT2D eigenvalue weighted by molar-refractivity contribution is 6.11. The monoisotopic (exact) mass is 617 g/mol. The lowest BCUT2D eigenvalue weighted by Gasteiger charge is -2.11. The number of nitrogens with two attached hydrogens (primary N) is 1. The molecule has 48 heavy (non-hydrogen) atoms. The third kappa shape index (κ3) is 7.22. The predicted octanol–water partition coefficient (Wildman–Crippen LogP) is 10.7. The maximum absolute atomic E-state index is 6.71. The predicted molar refractivity (Wildman–Crippen MR) is 202 cm³/mol. The van der Waals surface area contributed by atoms with Gasteiger partial charge in [0.2, 0.25) is 0 Å². The zero-order valence-electron chi connectivity index (χ0n) is 26.6. The number of aliphatic imine (C=N–C) groups is 2. The normalized spacial score (nSPS) is 11.8. The summed E-state index contributed by atoms with van der Waals surface area (Å²) in [4.78, 5) is 9.95. The van der Waals surface area contributed by atoms with Crippen molar-refractivity contribution in [2.75, 3.05) is 0 Å². The van der Waals surface area contributed by atoms with Gasteiger partial charge in [-0.3, -0.25) is 4.99 Å². The minimum absolute atomic E-state index is 0.422. The van der Waals surface area contributed by atoms with E-state index in [4.69, 9.17) is 15.7 Å². The van der Waals surface area contributed by atoms with Crippen molar-refractivity contribution in [1.29, 1.82) is 0 Å². The highest BCUT2D eigenvalue weighted by Crippen LogP contribution is 2.30. The molecule has 0 aliphatic heterocycles. The van der Waals surface area contributed by atoms with Gasteiger partial charge in [0, 0.05) is 11.1 Å². The van der Waals surface area contributed by atoms with Gasteiger partial charge in [0.05, 0.1) is 6.54 Å². The van der Waals surface area contributed by atoms with Crippen LogP contribution in [-0.2, 0) is 6.54 Å². The van der Waals surface area contributed by atoms with E-state index in [1.807, 2.05) is 54.6 Å². The molecule has 0 fully saturated rings. The molecule has 0 saturated heterocycles. The maximum Gasteiger partial charge on any atom is 0.157 e. The fourth-order valence-corrected chi connectivity index (χ4v) is 5.83. The number of hydrogen-bond acceptors (Lipinski definition) is 1. The van der Waals surface area contributed by atoms with Crippen LogP contribution in [0.3, 0.4) is 0 Å². The minimum Gasteiger partial charge on any atom is -0.383 e. The Kier molecular flexibility index (Phi) is 9.11. The van der Waals surface area contributed by atoms with Crippen molar-refractivity contribution in [2.24, 2.45) is 15.7 Å². The van der Waals surface area contributed by atoms with Crippen molar-refractivity contribution in [3.05, 3.63) is 205 Å². The quantitative estimate of drug-likeness (QED) is 0.134. The smallest absolute Gasteiger partial charge is 0.157 e. The van der Waals surface area contributed by atoms with Crippen molar-refractivity contribution >= 4 is 11.7 Å². The average molecular weight is 618 g/mol. The Morgan fingerprint density at radius 1 is 0.375 bits per heavy atom. The van der Waals surface area contributed by atoms with Gasteiger partial charge in [-0.05, 0) is 74.3 Å². The zero-order valence-corrected chi connectivity index (χ0v) is 26.6. The molecule has 7 aromatic carbocycles. The van der Waals surface area contributed by atoms with Crippen molar-refractivity contribution in [2.45, 2.75) is 6.54 Å². The molecule has 0 bridgehead atoms. The first-order chi connectivity index (χ1) is 23.7. The van der Waals surface area contributed by atoms with Crippen LogP contribution in [-0.4, -0.2) is 11.7 Å². The fourth-order valence-electron chi connectivity index (χ4n) is 5.83. The van der Waals surface area contributed by atoms with Gasteiger partial charge in [-0.25, -0.2) is 4.99 Å². The number of amidine groups is 2. The van der Waals surface area contributed by atoms with Crippen LogP contribution in [0.1, 0.15) is 16.7 Å². The van der Waals surface area contributed by atoms with Crippen LogP contribution in [0.4, 0.5) is 0 Å². The molecule has 0 unspecified atom stereocenters. The summed E-state index contributed by atoms with van der Waals surface area (Å²) in [5.41, 5.74) is 18.7. The first kappa shape index (κ1) is 30.3. The van der Waals surface area contributed by atoms with Crippen molar-refractivity contribution < 1.29 is 0 Å². The van der Waals surface area contributed by atoms with E-state index < -0.39 is 0 Å². The first-order valence-corrected chi connectivity index (χ1v) is 16.1. The summed E-state index contributed by atoms with van der Waals surface area (Å²) in [6.45, 7) is 0.495.